The fourth-order valence-corrected chi connectivity index (χ4v) is 3.15. The summed E-state index contributed by atoms with van der Waals surface area (Å²) in [6.07, 6.45) is 1.98. The Morgan fingerprint density at radius 1 is 1.38 bits per heavy atom. The molecule has 1 fully saturated rings. The van der Waals surface area contributed by atoms with Crippen molar-refractivity contribution in [2.24, 2.45) is 0 Å². The van der Waals surface area contributed by atoms with E-state index in [1.807, 2.05) is 26.0 Å². The van der Waals surface area contributed by atoms with Crippen molar-refractivity contribution in [2.45, 2.75) is 38.6 Å². The summed E-state index contributed by atoms with van der Waals surface area (Å²) in [6, 6.07) is 6.47. The van der Waals surface area contributed by atoms with E-state index in [1.165, 1.54) is 6.20 Å². The van der Waals surface area contributed by atoms with E-state index in [9.17, 15) is 14.4 Å². The maximum absolute atomic E-state index is 12.7. The van der Waals surface area contributed by atoms with Crippen LogP contribution in [0.15, 0.2) is 30.5 Å². The van der Waals surface area contributed by atoms with Crippen LogP contribution in [0, 0.1) is 0 Å². The molecule has 1 aliphatic heterocycles. The smallest absolute Gasteiger partial charge is 0.255 e. The third kappa shape index (κ3) is 3.62. The lowest BCUT2D eigenvalue weighted by Gasteiger charge is -2.22. The molecule has 26 heavy (non-hydrogen) atoms. The van der Waals surface area contributed by atoms with E-state index < -0.39 is 17.9 Å². The van der Waals surface area contributed by atoms with Crippen LogP contribution in [0.5, 0.6) is 0 Å². The molecule has 2 N–H and O–H groups in total. The molecule has 1 aliphatic rings. The molecule has 0 aliphatic carbocycles. The summed E-state index contributed by atoms with van der Waals surface area (Å²) in [7, 11) is 0. The van der Waals surface area contributed by atoms with Gasteiger partial charge in [0, 0.05) is 11.4 Å². The molecule has 2 aromatic rings. The van der Waals surface area contributed by atoms with E-state index >= 15 is 0 Å². The third-order valence-corrected chi connectivity index (χ3v) is 4.43. The van der Waals surface area contributed by atoms with Crippen molar-refractivity contribution in [1.29, 1.82) is 0 Å². The summed E-state index contributed by atoms with van der Waals surface area (Å²) in [6.45, 7) is 3.92. The molecule has 0 saturated carbocycles. The number of carbonyl (C=O) groups excluding carboxylic acids is 3. The van der Waals surface area contributed by atoms with Crippen molar-refractivity contribution < 1.29 is 14.4 Å². The van der Waals surface area contributed by atoms with Gasteiger partial charge >= 0.3 is 0 Å². The number of piperidine rings is 1. The second-order valence-corrected chi connectivity index (χ2v) is 6.90. The van der Waals surface area contributed by atoms with Gasteiger partial charge in [0.15, 0.2) is 0 Å². The third-order valence-electron chi connectivity index (χ3n) is 4.20. The van der Waals surface area contributed by atoms with Crippen LogP contribution in [0.3, 0.4) is 0 Å². The average molecular weight is 375 g/mol. The number of imide groups is 1. The van der Waals surface area contributed by atoms with Gasteiger partial charge in [0.25, 0.3) is 5.91 Å². The number of amides is 3. The molecule has 8 heteroatoms. The van der Waals surface area contributed by atoms with Crippen LogP contribution in [0.2, 0.25) is 5.02 Å². The fourth-order valence-electron chi connectivity index (χ4n) is 2.97. The van der Waals surface area contributed by atoms with Crippen LogP contribution in [-0.4, -0.2) is 33.5 Å². The lowest BCUT2D eigenvalue weighted by atomic mass is 10.0. The predicted molar refractivity (Wildman–Crippen MR) is 96.3 cm³/mol. The Bertz CT molecular complexity index is 875. The van der Waals surface area contributed by atoms with Crippen LogP contribution in [0.1, 0.15) is 48.7 Å². The molecule has 136 valence electrons. The molecule has 3 amide bonds. The highest BCUT2D eigenvalue weighted by molar-refractivity contribution is 6.30. The zero-order chi connectivity index (χ0) is 18.8. The fraction of sp³-hybridized carbons (Fsp3) is 0.333. The molecule has 0 radical (unpaired) electrons. The van der Waals surface area contributed by atoms with Crippen LogP contribution < -0.4 is 10.6 Å². The van der Waals surface area contributed by atoms with Crippen LogP contribution in [0.4, 0.5) is 0 Å². The van der Waals surface area contributed by atoms with E-state index in [-0.39, 0.29) is 24.7 Å². The van der Waals surface area contributed by atoms with Gasteiger partial charge in [0.1, 0.15) is 6.04 Å². The number of hydrogen-bond acceptors (Lipinski definition) is 4. The number of carbonyl (C=O) groups is 3. The van der Waals surface area contributed by atoms with Crippen molar-refractivity contribution in [3.63, 3.8) is 0 Å². The average Bonchev–Trinajstić information content (AvgIpc) is 3.03. The van der Waals surface area contributed by atoms with Crippen molar-refractivity contribution in [3.05, 3.63) is 46.7 Å². The topological polar surface area (TPSA) is 93.1 Å². The Kier molecular flexibility index (Phi) is 5.08. The SMILES string of the molecule is CC(C)c1c(C(=O)N[C@H]2CCC(=O)NC2=O)cnn1-c1cccc(Cl)c1. The van der Waals surface area contributed by atoms with Gasteiger partial charge in [-0.3, -0.25) is 19.7 Å². The Balaban J connectivity index is 1.89. The van der Waals surface area contributed by atoms with Crippen LogP contribution >= 0.6 is 11.6 Å². The zero-order valence-corrected chi connectivity index (χ0v) is 15.2. The van der Waals surface area contributed by atoms with Crippen molar-refractivity contribution in [2.75, 3.05) is 0 Å². The largest absolute Gasteiger partial charge is 0.340 e. The lowest BCUT2D eigenvalue weighted by molar-refractivity contribution is -0.134. The van der Waals surface area contributed by atoms with Gasteiger partial charge in [-0.05, 0) is 30.5 Å². The van der Waals surface area contributed by atoms with E-state index in [4.69, 9.17) is 11.6 Å². The number of hydrogen-bond donors (Lipinski definition) is 2. The maximum Gasteiger partial charge on any atom is 0.255 e. The Labute approximate surface area is 155 Å². The first-order valence-corrected chi connectivity index (χ1v) is 8.73. The van der Waals surface area contributed by atoms with Crippen molar-refractivity contribution in [1.82, 2.24) is 20.4 Å². The van der Waals surface area contributed by atoms with Gasteiger partial charge in [-0.15, -0.1) is 0 Å². The summed E-state index contributed by atoms with van der Waals surface area (Å²) in [5.41, 5.74) is 1.86. The minimum Gasteiger partial charge on any atom is -0.340 e. The van der Waals surface area contributed by atoms with Gasteiger partial charge in [-0.2, -0.15) is 5.10 Å². The number of benzene rings is 1. The first-order chi connectivity index (χ1) is 12.4. The van der Waals surface area contributed by atoms with E-state index in [1.54, 1.807) is 16.8 Å². The molecule has 1 aromatic heterocycles. The highest BCUT2D eigenvalue weighted by atomic mass is 35.5. The molecule has 0 spiro atoms. The number of halogens is 1. The summed E-state index contributed by atoms with van der Waals surface area (Å²) < 4.78 is 1.68. The molecule has 2 heterocycles. The van der Waals surface area contributed by atoms with Gasteiger partial charge < -0.3 is 5.32 Å². The Hall–Kier alpha value is -2.67. The maximum atomic E-state index is 12.7. The molecular weight excluding hydrogens is 356 g/mol. The summed E-state index contributed by atoms with van der Waals surface area (Å²) in [5.74, 6) is -1.18. The van der Waals surface area contributed by atoms with Crippen LogP contribution in [-0.2, 0) is 9.59 Å². The molecule has 3 rings (SSSR count). The molecule has 0 unspecified atom stereocenters. The first kappa shape index (κ1) is 18.1. The number of nitrogens with zero attached hydrogens (tertiary/aromatic N) is 2. The highest BCUT2D eigenvalue weighted by Gasteiger charge is 2.30. The van der Waals surface area contributed by atoms with Crippen LogP contribution in [0.25, 0.3) is 5.69 Å². The number of rotatable bonds is 4. The first-order valence-electron chi connectivity index (χ1n) is 8.35. The monoisotopic (exact) mass is 374 g/mol. The standard InChI is InChI=1S/C18H19ClN4O3/c1-10(2)16-13(9-20-23(16)12-5-3-4-11(19)8-12)17(25)21-14-6-7-15(24)22-18(14)26/h3-5,8-10,14H,6-7H2,1-2H3,(H,21,25)(H,22,24,26)/t14-/m0/s1. The normalized spacial score (nSPS) is 17.3. The molecule has 1 saturated heterocycles. The second-order valence-electron chi connectivity index (χ2n) is 6.47. The van der Waals surface area contributed by atoms with Gasteiger partial charge in [0.2, 0.25) is 11.8 Å². The molecule has 1 atom stereocenters. The highest BCUT2D eigenvalue weighted by Crippen LogP contribution is 2.24. The van der Waals surface area contributed by atoms with Crippen molar-refractivity contribution >= 4 is 29.3 Å². The predicted octanol–water partition coefficient (Wildman–Crippen LogP) is 2.18. The molecule has 7 nitrogen and oxygen atoms in total. The summed E-state index contributed by atoms with van der Waals surface area (Å²) in [4.78, 5) is 35.8. The molecule has 0 bridgehead atoms. The molecular formula is C18H19ClN4O3. The molecule has 1 aromatic carbocycles. The summed E-state index contributed by atoms with van der Waals surface area (Å²) >= 11 is 6.06. The van der Waals surface area contributed by atoms with Gasteiger partial charge in [-0.1, -0.05) is 31.5 Å². The van der Waals surface area contributed by atoms with Gasteiger partial charge in [-0.25, -0.2) is 4.68 Å². The zero-order valence-electron chi connectivity index (χ0n) is 14.5. The van der Waals surface area contributed by atoms with E-state index in [0.29, 0.717) is 10.6 Å². The minimum absolute atomic E-state index is 0.0130. The Morgan fingerprint density at radius 2 is 2.15 bits per heavy atom. The number of aromatic nitrogens is 2. The minimum atomic E-state index is -0.727. The number of nitrogens with one attached hydrogen (secondary N) is 2. The van der Waals surface area contributed by atoms with Gasteiger partial charge in [0.05, 0.1) is 23.1 Å². The van der Waals surface area contributed by atoms with Crippen molar-refractivity contribution in [3.8, 4) is 5.69 Å². The van der Waals surface area contributed by atoms with E-state index in [2.05, 4.69) is 15.7 Å². The lowest BCUT2D eigenvalue weighted by Crippen LogP contribution is -2.52. The van der Waals surface area contributed by atoms with E-state index in [0.717, 1.165) is 11.4 Å². The summed E-state index contributed by atoms with van der Waals surface area (Å²) in [5, 5.41) is 9.84. The Morgan fingerprint density at radius 3 is 2.81 bits per heavy atom. The second kappa shape index (κ2) is 7.29. The quantitative estimate of drug-likeness (QED) is 0.802.